The number of hydrogen-bond donors (Lipinski definition) is 2. The summed E-state index contributed by atoms with van der Waals surface area (Å²) in [5.74, 6) is 1.67. The van der Waals surface area contributed by atoms with Crippen LogP contribution in [0.2, 0.25) is 0 Å². The van der Waals surface area contributed by atoms with E-state index in [0.717, 1.165) is 6.42 Å². The number of ether oxygens (including phenoxy) is 1. The first-order chi connectivity index (χ1) is 10.3. The van der Waals surface area contributed by atoms with Gasteiger partial charge in [-0.3, -0.25) is 4.79 Å². The van der Waals surface area contributed by atoms with E-state index in [-0.39, 0.29) is 31.8 Å². The highest BCUT2D eigenvalue weighted by molar-refractivity contribution is 5.77. The van der Waals surface area contributed by atoms with E-state index in [9.17, 15) is 9.90 Å². The molecule has 0 aromatic rings. The molecule has 1 aliphatic heterocycles. The zero-order valence-corrected chi connectivity index (χ0v) is 14.1. The summed E-state index contributed by atoms with van der Waals surface area (Å²) in [6.45, 7) is 7.18. The Balaban J connectivity index is 1.84. The van der Waals surface area contributed by atoms with E-state index in [1.165, 1.54) is 12.8 Å². The summed E-state index contributed by atoms with van der Waals surface area (Å²) < 4.78 is 5.97. The van der Waals surface area contributed by atoms with Crippen LogP contribution in [0.4, 0.5) is 0 Å². The van der Waals surface area contributed by atoms with Gasteiger partial charge in [-0.25, -0.2) is 0 Å². The maximum absolute atomic E-state index is 12.3. The molecule has 4 atom stereocenters. The van der Waals surface area contributed by atoms with Gasteiger partial charge in [0.25, 0.3) is 0 Å². The van der Waals surface area contributed by atoms with Crippen molar-refractivity contribution in [2.45, 2.75) is 58.2 Å². The number of carbonyl (C=O) groups is 1. The van der Waals surface area contributed by atoms with Crippen molar-refractivity contribution in [1.82, 2.24) is 4.90 Å². The number of β-amino-alcohol motifs (C(OH)–C–C–N with tert-alkyl or cyclic N) is 1. The second kappa shape index (κ2) is 7.28. The maximum Gasteiger partial charge on any atom is 0.248 e. The first kappa shape index (κ1) is 17.7. The average molecular weight is 313 g/mol. The van der Waals surface area contributed by atoms with Gasteiger partial charge in [-0.1, -0.05) is 27.2 Å². The van der Waals surface area contributed by atoms with Gasteiger partial charge in [-0.15, -0.1) is 0 Å². The van der Waals surface area contributed by atoms with Gasteiger partial charge in [0.05, 0.1) is 19.3 Å². The lowest BCUT2D eigenvalue weighted by Gasteiger charge is -2.37. The van der Waals surface area contributed by atoms with Crippen LogP contribution in [-0.4, -0.2) is 59.0 Å². The lowest BCUT2D eigenvalue weighted by Crippen LogP contribution is -2.41. The Kier molecular flexibility index (Phi) is 5.86. The largest absolute Gasteiger partial charge is 0.393 e. The number of carbonyl (C=O) groups excluding carboxylic acids is 1. The zero-order valence-electron chi connectivity index (χ0n) is 14.1. The molecule has 128 valence electrons. The summed E-state index contributed by atoms with van der Waals surface area (Å²) in [5.41, 5.74) is -1.13. The quantitative estimate of drug-likeness (QED) is 0.805. The molecule has 0 aromatic carbocycles. The maximum atomic E-state index is 12.3. The predicted molar refractivity (Wildman–Crippen MR) is 84.3 cm³/mol. The Bertz CT molecular complexity index is 387. The van der Waals surface area contributed by atoms with Crippen molar-refractivity contribution in [3.63, 3.8) is 0 Å². The fraction of sp³-hybridized carbons (Fsp3) is 0.941. The molecule has 1 heterocycles. The molecule has 5 nitrogen and oxygen atoms in total. The van der Waals surface area contributed by atoms with Crippen molar-refractivity contribution < 1.29 is 19.7 Å². The summed E-state index contributed by atoms with van der Waals surface area (Å²) in [5, 5.41) is 19.2. The van der Waals surface area contributed by atoms with Gasteiger partial charge in [0.15, 0.2) is 0 Å². The van der Waals surface area contributed by atoms with Crippen LogP contribution in [0, 0.1) is 17.8 Å². The summed E-state index contributed by atoms with van der Waals surface area (Å²) in [4.78, 5) is 13.9. The molecular weight excluding hydrogens is 282 g/mol. The predicted octanol–water partition coefficient (Wildman–Crippen LogP) is 1.42. The molecule has 2 fully saturated rings. The number of aliphatic hydroxyl groups excluding tert-OH is 1. The van der Waals surface area contributed by atoms with Crippen molar-refractivity contribution in [3.05, 3.63) is 0 Å². The fourth-order valence-electron chi connectivity index (χ4n) is 3.77. The third kappa shape index (κ3) is 4.21. The van der Waals surface area contributed by atoms with Crippen LogP contribution in [-0.2, 0) is 9.53 Å². The molecule has 1 aliphatic carbocycles. The lowest BCUT2D eigenvalue weighted by molar-refractivity contribution is -0.141. The average Bonchev–Trinajstić information content (AvgIpc) is 2.88. The molecule has 0 radical (unpaired) electrons. The third-order valence-corrected chi connectivity index (χ3v) is 5.36. The highest BCUT2D eigenvalue weighted by Gasteiger charge is 2.38. The number of rotatable bonds is 5. The number of likely N-dealkylation sites (tertiary alicyclic amines) is 1. The minimum atomic E-state index is -1.13. The Labute approximate surface area is 133 Å². The van der Waals surface area contributed by atoms with Gasteiger partial charge < -0.3 is 19.8 Å². The highest BCUT2D eigenvalue weighted by Crippen LogP contribution is 2.35. The second-order valence-corrected chi connectivity index (χ2v) is 7.62. The minimum Gasteiger partial charge on any atom is -0.393 e. The summed E-state index contributed by atoms with van der Waals surface area (Å²) in [6, 6.07) is 0. The molecular formula is C17H31NO4. The molecule has 22 heavy (non-hydrogen) atoms. The smallest absolute Gasteiger partial charge is 0.248 e. The lowest BCUT2D eigenvalue weighted by atomic mass is 9.75. The van der Waals surface area contributed by atoms with Crippen LogP contribution in [0.25, 0.3) is 0 Å². The van der Waals surface area contributed by atoms with Crippen molar-refractivity contribution in [3.8, 4) is 0 Å². The van der Waals surface area contributed by atoms with Crippen LogP contribution >= 0.6 is 0 Å². The standard InChI is InChI=1S/C17H31NO4/c1-12(2)14-5-4-13(3)8-15(14)22-9-16(20)18-7-6-17(21,10-18)11-19/h12-15,19,21H,4-11H2,1-3H3. The van der Waals surface area contributed by atoms with Crippen LogP contribution in [0.3, 0.4) is 0 Å². The molecule has 0 bridgehead atoms. The molecule has 0 aromatic heterocycles. The van der Waals surface area contributed by atoms with E-state index in [0.29, 0.717) is 30.7 Å². The molecule has 1 saturated heterocycles. The number of hydrogen-bond acceptors (Lipinski definition) is 4. The van der Waals surface area contributed by atoms with E-state index in [1.54, 1.807) is 4.90 Å². The summed E-state index contributed by atoms with van der Waals surface area (Å²) in [6.07, 6.45) is 4.03. The van der Waals surface area contributed by atoms with Crippen LogP contribution in [0.1, 0.15) is 46.5 Å². The normalized spacial score (nSPS) is 36.1. The topological polar surface area (TPSA) is 70.0 Å². The monoisotopic (exact) mass is 313 g/mol. The van der Waals surface area contributed by atoms with Gasteiger partial charge in [0.2, 0.25) is 5.91 Å². The Morgan fingerprint density at radius 1 is 1.41 bits per heavy atom. The van der Waals surface area contributed by atoms with Crippen LogP contribution < -0.4 is 0 Å². The van der Waals surface area contributed by atoms with E-state index < -0.39 is 5.60 Å². The van der Waals surface area contributed by atoms with Crippen molar-refractivity contribution in [1.29, 1.82) is 0 Å². The van der Waals surface area contributed by atoms with Crippen molar-refractivity contribution in [2.75, 3.05) is 26.3 Å². The van der Waals surface area contributed by atoms with E-state index in [1.807, 2.05) is 0 Å². The van der Waals surface area contributed by atoms with Crippen molar-refractivity contribution in [2.24, 2.45) is 17.8 Å². The molecule has 2 aliphatic rings. The number of aliphatic hydroxyl groups is 2. The Morgan fingerprint density at radius 3 is 2.73 bits per heavy atom. The van der Waals surface area contributed by atoms with Crippen molar-refractivity contribution >= 4 is 5.91 Å². The van der Waals surface area contributed by atoms with Gasteiger partial charge in [-0.2, -0.15) is 0 Å². The second-order valence-electron chi connectivity index (χ2n) is 7.62. The SMILES string of the molecule is CC1CCC(C(C)C)C(OCC(=O)N2CCC(O)(CO)C2)C1. The first-order valence-corrected chi connectivity index (χ1v) is 8.57. The van der Waals surface area contributed by atoms with Gasteiger partial charge in [-0.05, 0) is 37.0 Å². The summed E-state index contributed by atoms with van der Waals surface area (Å²) in [7, 11) is 0. The Hall–Kier alpha value is -0.650. The van der Waals surface area contributed by atoms with E-state index in [2.05, 4.69) is 20.8 Å². The molecule has 5 heteroatoms. The molecule has 1 saturated carbocycles. The molecule has 2 N–H and O–H groups in total. The minimum absolute atomic E-state index is 0.0786. The number of nitrogens with zero attached hydrogens (tertiary/aromatic N) is 1. The van der Waals surface area contributed by atoms with Crippen LogP contribution in [0.15, 0.2) is 0 Å². The third-order valence-electron chi connectivity index (χ3n) is 5.36. The fourth-order valence-corrected chi connectivity index (χ4v) is 3.77. The van der Waals surface area contributed by atoms with Gasteiger partial charge >= 0.3 is 0 Å². The Morgan fingerprint density at radius 2 is 2.14 bits per heavy atom. The molecule has 0 spiro atoms. The van der Waals surface area contributed by atoms with Gasteiger partial charge in [0, 0.05) is 6.54 Å². The first-order valence-electron chi connectivity index (χ1n) is 8.57. The molecule has 1 amide bonds. The molecule has 2 rings (SSSR count). The number of amides is 1. The van der Waals surface area contributed by atoms with E-state index in [4.69, 9.17) is 9.84 Å². The van der Waals surface area contributed by atoms with Crippen LogP contribution in [0.5, 0.6) is 0 Å². The summed E-state index contributed by atoms with van der Waals surface area (Å²) >= 11 is 0. The van der Waals surface area contributed by atoms with E-state index >= 15 is 0 Å². The zero-order chi connectivity index (χ0) is 16.3. The van der Waals surface area contributed by atoms with Gasteiger partial charge in [0.1, 0.15) is 12.2 Å². The highest BCUT2D eigenvalue weighted by atomic mass is 16.5. The molecule has 4 unspecified atom stereocenters.